The van der Waals surface area contributed by atoms with Crippen LogP contribution < -0.4 is 5.32 Å². The lowest BCUT2D eigenvalue weighted by Gasteiger charge is -2.38. The minimum absolute atomic E-state index is 0.0771. The van der Waals surface area contributed by atoms with Crippen molar-refractivity contribution >= 4 is 35.4 Å². The number of benzene rings is 8. The predicted octanol–water partition coefficient (Wildman–Crippen LogP) is 13.1. The Morgan fingerprint density at radius 2 is 1.00 bits per heavy atom. The lowest BCUT2D eigenvalue weighted by molar-refractivity contribution is -0.155. The Morgan fingerprint density at radius 1 is 0.562 bits per heavy atom. The van der Waals surface area contributed by atoms with Gasteiger partial charge in [-0.3, -0.25) is 0 Å². The van der Waals surface area contributed by atoms with E-state index in [2.05, 4.69) is 66.0 Å². The van der Waals surface area contributed by atoms with Gasteiger partial charge in [-0.25, -0.2) is 9.59 Å². The number of nitrogens with one attached hydrogen (secondary N) is 1. The van der Waals surface area contributed by atoms with Crippen LogP contribution >= 0.6 is 23.4 Å². The first kappa shape index (κ1) is 42.4. The van der Waals surface area contributed by atoms with Crippen molar-refractivity contribution in [3.8, 4) is 11.1 Å². The molecular formula is C57H46ClNO4S. The SMILES string of the molecule is Cc1ccc(C(OC(=O)[C@@H](CSC(c2ccccc2)(c2ccccc2)c2ccccc2)NC(=O)OCC2c3ccccc3-c3ccccc32)(c2ccccc2)c2ccccc2Cl)cc1. The number of rotatable bonds is 14. The zero-order valence-electron chi connectivity index (χ0n) is 35.3. The first-order valence-corrected chi connectivity index (χ1v) is 22.8. The Bertz CT molecular complexity index is 2720. The summed E-state index contributed by atoms with van der Waals surface area (Å²) < 4.78 is 12.4. The Labute approximate surface area is 384 Å². The fourth-order valence-corrected chi connectivity index (χ4v) is 10.8. The first-order chi connectivity index (χ1) is 31.4. The van der Waals surface area contributed by atoms with Gasteiger partial charge >= 0.3 is 12.1 Å². The topological polar surface area (TPSA) is 64.6 Å². The van der Waals surface area contributed by atoms with Gasteiger partial charge in [0, 0.05) is 33.4 Å². The predicted molar refractivity (Wildman–Crippen MR) is 259 cm³/mol. The molecule has 0 spiro atoms. The molecule has 7 heteroatoms. The van der Waals surface area contributed by atoms with Gasteiger partial charge in [-0.15, -0.1) is 11.8 Å². The van der Waals surface area contributed by atoms with Gasteiger partial charge in [0.1, 0.15) is 12.6 Å². The van der Waals surface area contributed by atoms with Crippen molar-refractivity contribution < 1.29 is 19.1 Å². The summed E-state index contributed by atoms with van der Waals surface area (Å²) in [4.78, 5) is 29.9. The number of carbonyl (C=O) groups excluding carboxylic acids is 2. The number of amides is 1. The van der Waals surface area contributed by atoms with E-state index in [-0.39, 0.29) is 18.3 Å². The Kier molecular flexibility index (Phi) is 12.5. The van der Waals surface area contributed by atoms with E-state index < -0.39 is 28.5 Å². The molecule has 0 aliphatic heterocycles. The first-order valence-electron chi connectivity index (χ1n) is 21.4. The molecule has 0 fully saturated rings. The third-order valence-corrected chi connectivity index (χ3v) is 14.0. The summed E-state index contributed by atoms with van der Waals surface area (Å²) in [6.07, 6.45) is -0.729. The quantitative estimate of drug-likeness (QED) is 0.0871. The Morgan fingerprint density at radius 3 is 1.52 bits per heavy atom. The van der Waals surface area contributed by atoms with E-state index in [9.17, 15) is 4.79 Å². The second kappa shape index (κ2) is 18.9. The molecule has 0 heterocycles. The molecule has 0 aromatic heterocycles. The molecule has 5 nitrogen and oxygen atoms in total. The fraction of sp³-hybridized carbons (Fsp3) is 0.123. The molecule has 1 unspecified atom stereocenters. The van der Waals surface area contributed by atoms with Crippen LogP contribution in [0.15, 0.2) is 218 Å². The summed E-state index contributed by atoms with van der Waals surface area (Å²) in [6.45, 7) is 2.09. The van der Waals surface area contributed by atoms with Crippen LogP contribution in [0, 0.1) is 6.92 Å². The van der Waals surface area contributed by atoms with Crippen molar-refractivity contribution in [2.45, 2.75) is 29.2 Å². The van der Waals surface area contributed by atoms with Crippen molar-refractivity contribution in [1.29, 1.82) is 0 Å². The smallest absolute Gasteiger partial charge is 0.407 e. The molecular weight excluding hydrogens is 830 g/mol. The highest BCUT2D eigenvalue weighted by atomic mass is 35.5. The molecule has 316 valence electrons. The second-order valence-electron chi connectivity index (χ2n) is 15.9. The molecule has 0 saturated heterocycles. The normalized spacial score (nSPS) is 13.5. The van der Waals surface area contributed by atoms with Crippen LogP contribution in [0.25, 0.3) is 11.1 Å². The molecule has 8 aromatic rings. The summed E-state index contributed by atoms with van der Waals surface area (Å²) in [7, 11) is 0. The van der Waals surface area contributed by atoms with Crippen LogP contribution in [-0.2, 0) is 24.6 Å². The van der Waals surface area contributed by atoms with E-state index in [4.69, 9.17) is 21.1 Å². The van der Waals surface area contributed by atoms with Gasteiger partial charge in [0.25, 0.3) is 0 Å². The minimum Gasteiger partial charge on any atom is -0.449 e. The fourth-order valence-electron chi connectivity index (χ4n) is 9.01. The molecule has 1 aliphatic carbocycles. The monoisotopic (exact) mass is 875 g/mol. The van der Waals surface area contributed by atoms with E-state index in [0.29, 0.717) is 21.7 Å². The van der Waals surface area contributed by atoms with Crippen LogP contribution in [0.2, 0.25) is 5.02 Å². The molecule has 0 radical (unpaired) electrons. The van der Waals surface area contributed by atoms with Crippen molar-refractivity contribution in [2.75, 3.05) is 12.4 Å². The van der Waals surface area contributed by atoms with Crippen LogP contribution in [0.4, 0.5) is 4.79 Å². The van der Waals surface area contributed by atoms with E-state index in [1.165, 1.54) is 0 Å². The van der Waals surface area contributed by atoms with Gasteiger partial charge in [-0.2, -0.15) is 0 Å². The summed E-state index contributed by atoms with van der Waals surface area (Å²) >= 11 is 8.65. The maximum Gasteiger partial charge on any atom is 0.407 e. The second-order valence-corrected chi connectivity index (χ2v) is 17.6. The number of hydrogen-bond acceptors (Lipinski definition) is 5. The third kappa shape index (κ3) is 8.23. The Hall–Kier alpha value is -6.86. The molecule has 9 rings (SSSR count). The molecule has 0 saturated carbocycles. The molecule has 2 atom stereocenters. The number of halogens is 1. The van der Waals surface area contributed by atoms with Gasteiger partial charge in [0.15, 0.2) is 5.60 Å². The summed E-state index contributed by atoms with van der Waals surface area (Å²) in [5, 5.41) is 3.45. The highest BCUT2D eigenvalue weighted by Gasteiger charge is 2.45. The van der Waals surface area contributed by atoms with Crippen molar-refractivity contribution in [2.24, 2.45) is 0 Å². The molecule has 0 bridgehead atoms. The van der Waals surface area contributed by atoms with Crippen LogP contribution in [0.3, 0.4) is 0 Å². The zero-order valence-corrected chi connectivity index (χ0v) is 36.8. The summed E-state index contributed by atoms with van der Waals surface area (Å²) in [6, 6.07) is 71.0. The molecule has 1 N–H and O–H groups in total. The van der Waals surface area contributed by atoms with Crippen LogP contribution in [-0.4, -0.2) is 30.5 Å². The third-order valence-electron chi connectivity index (χ3n) is 12.1. The van der Waals surface area contributed by atoms with Gasteiger partial charge in [0.2, 0.25) is 0 Å². The standard InChI is InChI=1S/C57H46ClNO4S/c1-40-34-36-42(37-35-40)56(41-20-6-2-7-21-41,51-32-18-19-33-52(51)58)63-54(60)53(59-55(61)62-38-50-48-30-16-14-28-46(48)47-29-15-17-31-49(47)50)39-64-57(43-22-8-3-9-23-43,44-24-10-4-11-25-44)45-26-12-5-13-27-45/h2-37,50,53H,38-39H2,1H3,(H,59,61)/t53-,56?/m1/s1. The zero-order chi connectivity index (χ0) is 43.9. The number of hydrogen-bond donors (Lipinski definition) is 1. The molecule has 1 aliphatic rings. The number of aryl methyl sites for hydroxylation is 1. The number of fused-ring (bicyclic) bond motifs is 3. The van der Waals surface area contributed by atoms with Gasteiger partial charge in [-0.05, 0) is 51.9 Å². The van der Waals surface area contributed by atoms with Crippen molar-refractivity contribution in [3.05, 3.63) is 273 Å². The van der Waals surface area contributed by atoms with E-state index in [1.807, 2.05) is 159 Å². The number of ether oxygens (including phenoxy) is 2. The van der Waals surface area contributed by atoms with Gasteiger partial charge < -0.3 is 14.8 Å². The largest absolute Gasteiger partial charge is 0.449 e. The summed E-state index contributed by atoms with van der Waals surface area (Å²) in [5.41, 5.74) is 8.98. The number of carbonyl (C=O) groups is 2. The van der Waals surface area contributed by atoms with E-state index >= 15 is 4.79 Å². The number of thioether (sulfide) groups is 1. The highest BCUT2D eigenvalue weighted by Crippen LogP contribution is 2.50. The molecule has 1 amide bonds. The number of esters is 1. The average molecular weight is 877 g/mol. The lowest BCUT2D eigenvalue weighted by Crippen LogP contribution is -2.48. The van der Waals surface area contributed by atoms with Gasteiger partial charge in [-0.1, -0.05) is 229 Å². The molecule has 8 aromatic carbocycles. The Balaban J connectivity index is 1.13. The maximum absolute atomic E-state index is 15.6. The van der Waals surface area contributed by atoms with Crippen LogP contribution in [0.5, 0.6) is 0 Å². The number of alkyl carbamates (subject to hydrolysis) is 1. The molecule has 64 heavy (non-hydrogen) atoms. The average Bonchev–Trinajstić information content (AvgIpc) is 3.67. The van der Waals surface area contributed by atoms with Crippen molar-refractivity contribution in [1.82, 2.24) is 5.32 Å². The van der Waals surface area contributed by atoms with E-state index in [1.54, 1.807) is 17.8 Å². The van der Waals surface area contributed by atoms with Crippen LogP contribution in [0.1, 0.15) is 56.0 Å². The van der Waals surface area contributed by atoms with Gasteiger partial charge in [0.05, 0.1) is 4.75 Å². The lowest BCUT2D eigenvalue weighted by atomic mass is 9.79. The minimum atomic E-state index is -1.51. The highest BCUT2D eigenvalue weighted by molar-refractivity contribution is 8.00. The van der Waals surface area contributed by atoms with E-state index in [0.717, 1.165) is 44.5 Å². The summed E-state index contributed by atoms with van der Waals surface area (Å²) in [5.74, 6) is -0.732. The van der Waals surface area contributed by atoms with Crippen molar-refractivity contribution in [3.63, 3.8) is 0 Å². The maximum atomic E-state index is 15.6.